The lowest BCUT2D eigenvalue weighted by molar-refractivity contribution is -0.137. The molecule has 6 nitrogen and oxygen atoms in total. The third kappa shape index (κ3) is 4.90. The smallest absolute Gasteiger partial charge is 0.416 e. The number of carbonyl (C=O) groups excluding carboxylic acids is 1. The molecule has 0 saturated heterocycles. The first-order chi connectivity index (χ1) is 18.3. The molecule has 192 valence electrons. The Balaban J connectivity index is 1.54. The van der Waals surface area contributed by atoms with Gasteiger partial charge in [0.05, 0.1) is 25.3 Å². The van der Waals surface area contributed by atoms with E-state index in [1.165, 1.54) is 26.4 Å². The maximum atomic E-state index is 13.1. The molecule has 0 spiro atoms. The van der Waals surface area contributed by atoms with Crippen molar-refractivity contribution in [2.24, 2.45) is 0 Å². The van der Waals surface area contributed by atoms with E-state index in [0.717, 1.165) is 22.9 Å². The van der Waals surface area contributed by atoms with Gasteiger partial charge in [-0.2, -0.15) is 13.2 Å². The number of carbonyl (C=O) groups is 1. The fourth-order valence-corrected chi connectivity index (χ4v) is 4.12. The number of fused-ring (bicyclic) bond motifs is 2. The Morgan fingerprint density at radius 3 is 2.32 bits per heavy atom. The van der Waals surface area contributed by atoms with Crippen LogP contribution in [-0.4, -0.2) is 25.1 Å². The summed E-state index contributed by atoms with van der Waals surface area (Å²) in [5.41, 5.74) is 0.00713. The number of ether oxygens (including phenoxy) is 3. The molecule has 0 saturated carbocycles. The summed E-state index contributed by atoms with van der Waals surface area (Å²) in [6.45, 7) is 0. The number of benzene rings is 4. The normalized spacial score (nSPS) is 11.4. The molecule has 0 bridgehead atoms. The first-order valence-electron chi connectivity index (χ1n) is 11.5. The maximum Gasteiger partial charge on any atom is 0.416 e. The number of halogens is 3. The van der Waals surface area contributed by atoms with E-state index in [2.05, 4.69) is 10.3 Å². The Kier molecular flexibility index (Phi) is 6.50. The average Bonchev–Trinajstić information content (AvgIpc) is 2.92. The van der Waals surface area contributed by atoms with E-state index in [-0.39, 0.29) is 11.3 Å². The zero-order chi connectivity index (χ0) is 26.9. The molecular formula is C29H21F3N2O4. The van der Waals surface area contributed by atoms with E-state index in [0.29, 0.717) is 33.9 Å². The predicted molar refractivity (Wildman–Crippen MR) is 138 cm³/mol. The molecule has 1 aromatic heterocycles. The highest BCUT2D eigenvalue weighted by molar-refractivity contribution is 6.07. The van der Waals surface area contributed by atoms with Crippen molar-refractivity contribution < 1.29 is 32.2 Å². The van der Waals surface area contributed by atoms with Crippen molar-refractivity contribution in [2.45, 2.75) is 6.18 Å². The Morgan fingerprint density at radius 1 is 0.789 bits per heavy atom. The predicted octanol–water partition coefficient (Wildman–Crippen LogP) is 7.47. The fraction of sp³-hybridized carbons (Fsp3) is 0.103. The molecule has 1 heterocycles. The van der Waals surface area contributed by atoms with Gasteiger partial charge in [0.25, 0.3) is 5.91 Å². The Labute approximate surface area is 215 Å². The number of nitrogens with zero attached hydrogens (tertiary/aromatic N) is 1. The van der Waals surface area contributed by atoms with Crippen molar-refractivity contribution in [2.75, 3.05) is 19.5 Å². The lowest BCUT2D eigenvalue weighted by Crippen LogP contribution is -2.13. The molecule has 1 amide bonds. The second-order valence-electron chi connectivity index (χ2n) is 8.36. The van der Waals surface area contributed by atoms with Crippen LogP contribution < -0.4 is 19.5 Å². The van der Waals surface area contributed by atoms with Crippen molar-refractivity contribution in [3.05, 3.63) is 96.2 Å². The standard InChI is InChI=1S/C29H21F3N2O4/c1-36-26-15-22-23(16-27(26)37-2)33-11-10-24(22)38-25-13-18(12-17-6-3-4-9-21(17)25)28(35)34-20-8-5-7-19(14-20)29(30,31)32/h3-16H,1-2H3,(H,34,35). The lowest BCUT2D eigenvalue weighted by atomic mass is 10.0. The summed E-state index contributed by atoms with van der Waals surface area (Å²) in [6, 6.07) is 20.2. The number of rotatable bonds is 6. The molecule has 0 unspecified atom stereocenters. The number of nitrogens with one attached hydrogen (secondary N) is 1. The summed E-state index contributed by atoms with van der Waals surface area (Å²) < 4.78 is 56.5. The number of aromatic nitrogens is 1. The molecule has 0 aliphatic heterocycles. The van der Waals surface area contributed by atoms with Gasteiger partial charge >= 0.3 is 6.18 Å². The van der Waals surface area contributed by atoms with E-state index in [4.69, 9.17) is 14.2 Å². The minimum Gasteiger partial charge on any atom is -0.493 e. The summed E-state index contributed by atoms with van der Waals surface area (Å²) >= 11 is 0. The highest BCUT2D eigenvalue weighted by Gasteiger charge is 2.30. The summed E-state index contributed by atoms with van der Waals surface area (Å²) in [5, 5.41) is 4.67. The monoisotopic (exact) mass is 518 g/mol. The summed E-state index contributed by atoms with van der Waals surface area (Å²) in [4.78, 5) is 17.5. The Morgan fingerprint density at radius 2 is 1.55 bits per heavy atom. The fourth-order valence-electron chi connectivity index (χ4n) is 4.12. The molecule has 9 heteroatoms. The van der Waals surface area contributed by atoms with Gasteiger partial charge in [-0.3, -0.25) is 9.78 Å². The van der Waals surface area contributed by atoms with Gasteiger partial charge in [-0.1, -0.05) is 30.3 Å². The number of amides is 1. The number of methoxy groups -OCH3 is 2. The van der Waals surface area contributed by atoms with Crippen molar-refractivity contribution in [1.29, 1.82) is 0 Å². The van der Waals surface area contributed by atoms with Crippen LogP contribution in [0.4, 0.5) is 18.9 Å². The van der Waals surface area contributed by atoms with Gasteiger partial charge in [0, 0.05) is 34.3 Å². The van der Waals surface area contributed by atoms with Crippen LogP contribution in [0.25, 0.3) is 21.7 Å². The van der Waals surface area contributed by atoms with Crippen LogP contribution in [0.5, 0.6) is 23.0 Å². The second-order valence-corrected chi connectivity index (χ2v) is 8.36. The molecular weight excluding hydrogens is 497 g/mol. The highest BCUT2D eigenvalue weighted by Crippen LogP contribution is 2.39. The molecule has 4 aromatic carbocycles. The van der Waals surface area contributed by atoms with Gasteiger partial charge in [0.15, 0.2) is 11.5 Å². The van der Waals surface area contributed by atoms with E-state index in [1.54, 1.807) is 36.5 Å². The molecule has 0 aliphatic carbocycles. The third-order valence-electron chi connectivity index (χ3n) is 5.96. The first-order valence-corrected chi connectivity index (χ1v) is 11.5. The van der Waals surface area contributed by atoms with Crippen LogP contribution >= 0.6 is 0 Å². The zero-order valence-corrected chi connectivity index (χ0v) is 20.3. The van der Waals surface area contributed by atoms with Gasteiger partial charge in [-0.05, 0) is 47.9 Å². The Hall–Kier alpha value is -4.79. The number of pyridine rings is 1. The van der Waals surface area contributed by atoms with Crippen molar-refractivity contribution in [1.82, 2.24) is 4.98 Å². The molecule has 0 fully saturated rings. The summed E-state index contributed by atoms with van der Waals surface area (Å²) in [7, 11) is 3.06. The minimum atomic E-state index is -4.52. The molecule has 38 heavy (non-hydrogen) atoms. The van der Waals surface area contributed by atoms with Crippen LogP contribution in [0.3, 0.4) is 0 Å². The van der Waals surface area contributed by atoms with Crippen LogP contribution in [0, 0.1) is 0 Å². The van der Waals surface area contributed by atoms with Gasteiger partial charge in [-0.25, -0.2) is 0 Å². The molecule has 5 rings (SSSR count). The quantitative estimate of drug-likeness (QED) is 0.253. The number of alkyl halides is 3. The van der Waals surface area contributed by atoms with Crippen LogP contribution in [0.15, 0.2) is 85.1 Å². The van der Waals surface area contributed by atoms with E-state index in [9.17, 15) is 18.0 Å². The van der Waals surface area contributed by atoms with E-state index < -0.39 is 17.6 Å². The number of hydrogen-bond acceptors (Lipinski definition) is 5. The maximum absolute atomic E-state index is 13.1. The van der Waals surface area contributed by atoms with Gasteiger partial charge in [-0.15, -0.1) is 0 Å². The number of hydrogen-bond donors (Lipinski definition) is 1. The third-order valence-corrected chi connectivity index (χ3v) is 5.96. The lowest BCUT2D eigenvalue weighted by Gasteiger charge is -2.15. The first kappa shape index (κ1) is 24.9. The average molecular weight is 518 g/mol. The molecule has 1 N–H and O–H groups in total. The van der Waals surface area contributed by atoms with Gasteiger partial charge in [0.1, 0.15) is 11.5 Å². The minimum absolute atomic E-state index is 0.0293. The largest absolute Gasteiger partial charge is 0.493 e. The SMILES string of the molecule is COc1cc2nccc(Oc3cc(C(=O)Nc4cccc(C(F)(F)F)c4)cc4ccccc34)c2cc1OC. The van der Waals surface area contributed by atoms with Crippen molar-refractivity contribution >= 4 is 33.3 Å². The van der Waals surface area contributed by atoms with E-state index >= 15 is 0 Å². The highest BCUT2D eigenvalue weighted by atomic mass is 19.4. The van der Waals surface area contributed by atoms with Crippen LogP contribution in [0.1, 0.15) is 15.9 Å². The number of anilines is 1. The van der Waals surface area contributed by atoms with Gasteiger partial charge in [0.2, 0.25) is 0 Å². The molecule has 0 aliphatic rings. The molecule has 5 aromatic rings. The second kappa shape index (κ2) is 9.93. The van der Waals surface area contributed by atoms with Crippen molar-refractivity contribution in [3.8, 4) is 23.0 Å². The summed E-state index contributed by atoms with van der Waals surface area (Å²) in [6.07, 6.45) is -2.93. The molecule has 0 atom stereocenters. The Bertz CT molecular complexity index is 1670. The van der Waals surface area contributed by atoms with Crippen LogP contribution in [0.2, 0.25) is 0 Å². The van der Waals surface area contributed by atoms with E-state index in [1.807, 2.05) is 24.3 Å². The van der Waals surface area contributed by atoms with Gasteiger partial charge < -0.3 is 19.5 Å². The van der Waals surface area contributed by atoms with Crippen LogP contribution in [-0.2, 0) is 6.18 Å². The van der Waals surface area contributed by atoms with Crippen molar-refractivity contribution in [3.63, 3.8) is 0 Å². The summed E-state index contributed by atoms with van der Waals surface area (Å²) in [5.74, 6) is 1.29. The zero-order valence-electron chi connectivity index (χ0n) is 20.3. The topological polar surface area (TPSA) is 69.7 Å². The molecule has 0 radical (unpaired) electrons.